The minimum absolute atomic E-state index is 0.676. The van der Waals surface area contributed by atoms with Crippen LogP contribution < -0.4 is 4.74 Å². The Morgan fingerprint density at radius 2 is 2.14 bits per heavy atom. The quantitative estimate of drug-likeness (QED) is 0.764. The van der Waals surface area contributed by atoms with Crippen LogP contribution in [0, 0.1) is 0 Å². The van der Waals surface area contributed by atoms with Gasteiger partial charge in [0.15, 0.2) is 0 Å². The Labute approximate surface area is 91.0 Å². The zero-order valence-corrected chi connectivity index (χ0v) is 9.41. The van der Waals surface area contributed by atoms with Gasteiger partial charge in [0.05, 0.1) is 12.1 Å². The molecule has 14 heavy (non-hydrogen) atoms. The zero-order chi connectivity index (χ0) is 9.97. The molecule has 2 aromatic rings. The minimum atomic E-state index is 0.676. The fraction of sp³-hybridized carbons (Fsp3) is 0.182. The van der Waals surface area contributed by atoms with Crippen molar-refractivity contribution in [3.63, 3.8) is 0 Å². The first-order valence-corrected chi connectivity index (χ1v) is 5.28. The number of ether oxygens (including phenoxy) is 1. The van der Waals surface area contributed by atoms with Gasteiger partial charge in [0.2, 0.25) is 0 Å². The Hall–Kier alpha value is -1.09. The molecule has 0 atom stereocenters. The van der Waals surface area contributed by atoms with Crippen molar-refractivity contribution >= 4 is 26.8 Å². The van der Waals surface area contributed by atoms with Gasteiger partial charge in [0, 0.05) is 5.39 Å². The highest BCUT2D eigenvalue weighted by Crippen LogP contribution is 2.25. The van der Waals surface area contributed by atoms with E-state index in [1.807, 2.05) is 37.3 Å². The van der Waals surface area contributed by atoms with E-state index in [1.165, 1.54) is 0 Å². The molecule has 72 valence electrons. The summed E-state index contributed by atoms with van der Waals surface area (Å²) in [7, 11) is 0. The standard InChI is InChI=1S/C11H10BrNO/c1-2-14-10-5-3-4-9-8(10)6-7-11(12)13-9/h3-7H,2H2,1H3. The van der Waals surface area contributed by atoms with Crippen LogP contribution in [0.4, 0.5) is 0 Å². The second-order valence-electron chi connectivity index (χ2n) is 2.89. The Balaban J connectivity index is 2.62. The highest BCUT2D eigenvalue weighted by Gasteiger charge is 2.01. The lowest BCUT2D eigenvalue weighted by Crippen LogP contribution is -1.92. The first-order valence-electron chi connectivity index (χ1n) is 4.49. The summed E-state index contributed by atoms with van der Waals surface area (Å²) in [4.78, 5) is 4.36. The molecule has 0 aliphatic rings. The largest absolute Gasteiger partial charge is 0.493 e. The molecule has 0 radical (unpaired) electrons. The molecule has 0 unspecified atom stereocenters. The molecular weight excluding hydrogens is 242 g/mol. The molecular formula is C11H10BrNO. The van der Waals surface area contributed by atoms with Gasteiger partial charge in [-0.1, -0.05) is 6.07 Å². The summed E-state index contributed by atoms with van der Waals surface area (Å²) in [5.74, 6) is 0.894. The van der Waals surface area contributed by atoms with E-state index in [2.05, 4.69) is 20.9 Å². The highest BCUT2D eigenvalue weighted by molar-refractivity contribution is 9.10. The second kappa shape index (κ2) is 3.96. The van der Waals surface area contributed by atoms with E-state index in [1.54, 1.807) is 0 Å². The molecule has 1 aromatic carbocycles. The molecule has 1 heterocycles. The molecule has 0 aliphatic heterocycles. The lowest BCUT2D eigenvalue weighted by molar-refractivity contribution is 0.344. The summed E-state index contributed by atoms with van der Waals surface area (Å²) < 4.78 is 6.35. The van der Waals surface area contributed by atoms with E-state index in [9.17, 15) is 0 Å². The van der Waals surface area contributed by atoms with Crippen molar-refractivity contribution in [3.8, 4) is 5.75 Å². The average molecular weight is 252 g/mol. The number of hydrogen-bond acceptors (Lipinski definition) is 2. The van der Waals surface area contributed by atoms with Crippen LogP contribution >= 0.6 is 15.9 Å². The molecule has 3 heteroatoms. The van der Waals surface area contributed by atoms with Gasteiger partial charge in [-0.25, -0.2) is 4.98 Å². The van der Waals surface area contributed by atoms with E-state index in [-0.39, 0.29) is 0 Å². The highest BCUT2D eigenvalue weighted by atomic mass is 79.9. The van der Waals surface area contributed by atoms with Gasteiger partial charge < -0.3 is 4.74 Å². The maximum absolute atomic E-state index is 5.50. The number of fused-ring (bicyclic) bond motifs is 1. The van der Waals surface area contributed by atoms with Crippen molar-refractivity contribution in [1.82, 2.24) is 4.98 Å². The number of nitrogens with zero attached hydrogens (tertiary/aromatic N) is 1. The van der Waals surface area contributed by atoms with Crippen LogP contribution in [0.25, 0.3) is 10.9 Å². The van der Waals surface area contributed by atoms with Gasteiger partial charge in [-0.2, -0.15) is 0 Å². The average Bonchev–Trinajstić information content (AvgIpc) is 2.18. The minimum Gasteiger partial charge on any atom is -0.493 e. The van der Waals surface area contributed by atoms with Crippen molar-refractivity contribution in [2.75, 3.05) is 6.61 Å². The lowest BCUT2D eigenvalue weighted by Gasteiger charge is -2.06. The molecule has 0 amide bonds. The molecule has 0 bridgehead atoms. The molecule has 0 aliphatic carbocycles. The van der Waals surface area contributed by atoms with E-state index in [4.69, 9.17) is 4.74 Å². The van der Waals surface area contributed by atoms with Crippen molar-refractivity contribution < 1.29 is 4.74 Å². The third-order valence-corrected chi connectivity index (χ3v) is 2.40. The predicted octanol–water partition coefficient (Wildman–Crippen LogP) is 3.40. The van der Waals surface area contributed by atoms with Crippen LogP contribution in [0.2, 0.25) is 0 Å². The molecule has 0 fully saturated rings. The Morgan fingerprint density at radius 1 is 1.29 bits per heavy atom. The van der Waals surface area contributed by atoms with Crippen molar-refractivity contribution in [2.24, 2.45) is 0 Å². The number of rotatable bonds is 2. The summed E-state index contributed by atoms with van der Waals surface area (Å²) in [6.07, 6.45) is 0. The van der Waals surface area contributed by atoms with Crippen LogP contribution in [0.5, 0.6) is 5.75 Å². The molecule has 2 rings (SSSR count). The monoisotopic (exact) mass is 251 g/mol. The van der Waals surface area contributed by atoms with E-state index in [0.29, 0.717) is 6.61 Å². The molecule has 0 saturated heterocycles. The molecule has 0 saturated carbocycles. The topological polar surface area (TPSA) is 22.1 Å². The zero-order valence-electron chi connectivity index (χ0n) is 7.83. The summed E-state index contributed by atoms with van der Waals surface area (Å²) in [6, 6.07) is 9.82. The van der Waals surface area contributed by atoms with Gasteiger partial charge >= 0.3 is 0 Å². The molecule has 0 spiro atoms. The molecule has 0 N–H and O–H groups in total. The number of hydrogen-bond donors (Lipinski definition) is 0. The van der Waals surface area contributed by atoms with Crippen molar-refractivity contribution in [3.05, 3.63) is 34.9 Å². The Morgan fingerprint density at radius 3 is 2.93 bits per heavy atom. The third kappa shape index (κ3) is 1.73. The van der Waals surface area contributed by atoms with Crippen molar-refractivity contribution in [1.29, 1.82) is 0 Å². The summed E-state index contributed by atoms with van der Waals surface area (Å²) in [5, 5.41) is 1.05. The second-order valence-corrected chi connectivity index (χ2v) is 3.70. The fourth-order valence-corrected chi connectivity index (χ4v) is 1.71. The summed E-state index contributed by atoms with van der Waals surface area (Å²) in [6.45, 7) is 2.65. The van der Waals surface area contributed by atoms with Gasteiger partial charge in [0.25, 0.3) is 0 Å². The third-order valence-electron chi connectivity index (χ3n) is 1.96. The van der Waals surface area contributed by atoms with Crippen LogP contribution in [-0.2, 0) is 0 Å². The van der Waals surface area contributed by atoms with E-state index >= 15 is 0 Å². The van der Waals surface area contributed by atoms with Gasteiger partial charge in [-0.3, -0.25) is 0 Å². The summed E-state index contributed by atoms with van der Waals surface area (Å²) in [5.41, 5.74) is 0.949. The number of aromatic nitrogens is 1. The maximum Gasteiger partial charge on any atom is 0.128 e. The maximum atomic E-state index is 5.50. The van der Waals surface area contributed by atoms with Gasteiger partial charge in [0.1, 0.15) is 10.4 Å². The molecule has 2 nitrogen and oxygen atoms in total. The lowest BCUT2D eigenvalue weighted by atomic mass is 10.2. The van der Waals surface area contributed by atoms with Crippen LogP contribution in [-0.4, -0.2) is 11.6 Å². The van der Waals surface area contributed by atoms with Crippen LogP contribution in [0.15, 0.2) is 34.9 Å². The first kappa shape index (κ1) is 9.46. The Kier molecular flexibility index (Phi) is 2.68. The number of halogens is 1. The normalized spacial score (nSPS) is 10.4. The number of benzene rings is 1. The molecule has 1 aromatic heterocycles. The van der Waals surface area contributed by atoms with Crippen LogP contribution in [0.3, 0.4) is 0 Å². The van der Waals surface area contributed by atoms with Crippen molar-refractivity contribution in [2.45, 2.75) is 6.92 Å². The first-order chi connectivity index (χ1) is 6.81. The van der Waals surface area contributed by atoms with Gasteiger partial charge in [-0.15, -0.1) is 0 Å². The fourth-order valence-electron chi connectivity index (χ4n) is 1.38. The summed E-state index contributed by atoms with van der Waals surface area (Å²) >= 11 is 3.34. The predicted molar refractivity (Wildman–Crippen MR) is 60.6 cm³/mol. The smallest absolute Gasteiger partial charge is 0.128 e. The van der Waals surface area contributed by atoms with E-state index in [0.717, 1.165) is 21.3 Å². The van der Waals surface area contributed by atoms with Crippen LogP contribution in [0.1, 0.15) is 6.92 Å². The Bertz CT molecular complexity index is 456. The van der Waals surface area contributed by atoms with E-state index < -0.39 is 0 Å². The van der Waals surface area contributed by atoms with Gasteiger partial charge in [-0.05, 0) is 47.1 Å². The SMILES string of the molecule is CCOc1cccc2nc(Br)ccc12. The number of pyridine rings is 1.